The van der Waals surface area contributed by atoms with Gasteiger partial charge in [0.05, 0.1) is 12.5 Å². The molecule has 186 valence electrons. The van der Waals surface area contributed by atoms with Crippen LogP contribution in [0, 0.1) is 5.41 Å². The number of rotatable bonds is 5. The molecule has 0 spiro atoms. The molecular weight excluding hydrogens is 486 g/mol. The summed E-state index contributed by atoms with van der Waals surface area (Å²) in [5, 5.41) is 1.77. The second-order valence-corrected chi connectivity index (χ2v) is 13.8. The van der Waals surface area contributed by atoms with E-state index in [1.54, 1.807) is 12.5 Å². The molecule has 33 heavy (non-hydrogen) atoms. The summed E-state index contributed by atoms with van der Waals surface area (Å²) >= 11 is 0. The molecule has 2 aromatic carbocycles. The Kier molecular flexibility index (Phi) is 12.7. The molecular formula is C28H38FeO2P2-6. The number of hydrogen-bond donors (Lipinski definition) is 0. The molecule has 0 bridgehead atoms. The van der Waals surface area contributed by atoms with Crippen LogP contribution in [0.1, 0.15) is 53.5 Å². The molecule has 0 N–H and O–H groups in total. The van der Waals surface area contributed by atoms with E-state index in [0.717, 1.165) is 17.4 Å². The minimum atomic E-state index is -0.736. The van der Waals surface area contributed by atoms with E-state index in [0.29, 0.717) is 10.6 Å². The van der Waals surface area contributed by atoms with Crippen molar-refractivity contribution in [1.29, 1.82) is 0 Å². The van der Waals surface area contributed by atoms with Crippen LogP contribution in [-0.2, 0) is 23.5 Å². The Morgan fingerprint density at radius 2 is 1.27 bits per heavy atom. The van der Waals surface area contributed by atoms with Crippen LogP contribution in [-0.4, -0.2) is 5.16 Å². The monoisotopic (exact) mass is 524 g/mol. The number of hydrogen-bond acceptors (Lipinski definition) is 2. The SMILES string of the molecule is CC(C)(C)CC[c-]1cccc1P(c1ccco1)c1ccco1.CC(C)(C)P.[Fe].[cH-]1[cH-][cH-][cH-][cH-]1. The van der Waals surface area contributed by atoms with E-state index in [1.165, 1.54) is 17.3 Å². The summed E-state index contributed by atoms with van der Waals surface area (Å²) in [6.07, 6.45) is 5.74. The molecule has 2 heterocycles. The number of aryl methyl sites for hydroxylation is 1. The minimum absolute atomic E-state index is 0. The molecule has 0 radical (unpaired) electrons. The fraction of sp³-hybridized carbons (Fsp3) is 0.357. The zero-order chi connectivity index (χ0) is 23.6. The quantitative estimate of drug-likeness (QED) is 0.155. The topological polar surface area (TPSA) is 26.3 Å². The van der Waals surface area contributed by atoms with Crippen molar-refractivity contribution in [2.45, 2.75) is 59.5 Å². The van der Waals surface area contributed by atoms with Crippen LogP contribution in [0.15, 0.2) is 94.2 Å². The van der Waals surface area contributed by atoms with Gasteiger partial charge in [0.15, 0.2) is 0 Å². The minimum Gasteiger partial charge on any atom is -0.748 e. The van der Waals surface area contributed by atoms with Gasteiger partial charge >= 0.3 is 0 Å². The first-order valence-electron chi connectivity index (χ1n) is 11.1. The molecule has 5 heteroatoms. The molecule has 2 nitrogen and oxygen atoms in total. The Labute approximate surface area is 214 Å². The average molecular weight is 524 g/mol. The Bertz CT molecular complexity index is 897. The van der Waals surface area contributed by atoms with E-state index in [1.807, 2.05) is 42.5 Å². The first-order valence-corrected chi connectivity index (χ1v) is 13.0. The summed E-state index contributed by atoms with van der Waals surface area (Å²) in [5.41, 5.74) is 3.74. The van der Waals surface area contributed by atoms with Gasteiger partial charge in [-0.3, -0.25) is 0 Å². The summed E-state index contributed by atoms with van der Waals surface area (Å²) < 4.78 is 11.4. The smallest absolute Gasteiger partial charge is 0.135 e. The third-order valence-corrected chi connectivity index (χ3v) is 6.58. The Morgan fingerprint density at radius 3 is 1.64 bits per heavy atom. The first-order chi connectivity index (χ1) is 15.0. The normalized spacial score (nSPS) is 11.2. The first kappa shape index (κ1) is 29.7. The van der Waals surface area contributed by atoms with Gasteiger partial charge in [-0.2, -0.15) is 6.07 Å². The molecule has 0 aliphatic heterocycles. The summed E-state index contributed by atoms with van der Waals surface area (Å²) in [6, 6.07) is 24.6. The van der Waals surface area contributed by atoms with Gasteiger partial charge in [-0.25, -0.2) is 12.1 Å². The van der Waals surface area contributed by atoms with Crippen LogP contribution in [0.2, 0.25) is 0 Å². The predicted octanol–water partition coefficient (Wildman–Crippen LogP) is 7.39. The molecule has 4 rings (SSSR count). The van der Waals surface area contributed by atoms with E-state index in [2.05, 4.69) is 81.1 Å². The van der Waals surface area contributed by atoms with Crippen LogP contribution in [0.5, 0.6) is 0 Å². The molecule has 1 unspecified atom stereocenters. The van der Waals surface area contributed by atoms with Gasteiger partial charge in [0, 0.05) is 25.0 Å². The third kappa shape index (κ3) is 12.1. The zero-order valence-electron chi connectivity index (χ0n) is 20.7. The fourth-order valence-electron chi connectivity index (χ4n) is 2.85. The van der Waals surface area contributed by atoms with E-state index in [-0.39, 0.29) is 17.1 Å². The molecule has 0 aliphatic rings. The Morgan fingerprint density at radius 1 is 0.818 bits per heavy atom. The van der Waals surface area contributed by atoms with Crippen molar-refractivity contribution in [3.63, 3.8) is 0 Å². The van der Waals surface area contributed by atoms with Gasteiger partial charge in [0.1, 0.15) is 11.0 Å². The largest absolute Gasteiger partial charge is 0.748 e. The molecule has 2 aromatic heterocycles. The van der Waals surface area contributed by atoms with E-state index >= 15 is 0 Å². The summed E-state index contributed by atoms with van der Waals surface area (Å²) in [5.74, 6) is 0. The molecule has 0 saturated carbocycles. The maximum atomic E-state index is 5.71. The number of furan rings is 2. The standard InChI is InChI=1S/C19H22O2P.C5H5.C4H11P.Fe/c1-19(2,3)12-11-15-7-4-8-16(15)22(17-9-5-13-20-17)18-10-6-14-21-18;1-2-4-5-3-1;1-4(2,3)5;/h4-10,13-14H,11-12H2,1-3H3;1-5H;5H2,1-3H3;/q-1;-5;;. The van der Waals surface area contributed by atoms with Crippen molar-refractivity contribution in [2.75, 3.05) is 0 Å². The van der Waals surface area contributed by atoms with Crippen LogP contribution < -0.4 is 16.3 Å². The van der Waals surface area contributed by atoms with Gasteiger partial charge < -0.3 is 39.2 Å². The zero-order valence-corrected chi connectivity index (χ0v) is 23.8. The molecule has 4 aromatic rings. The van der Waals surface area contributed by atoms with Crippen molar-refractivity contribution in [2.24, 2.45) is 5.41 Å². The van der Waals surface area contributed by atoms with Crippen molar-refractivity contribution in [3.05, 3.63) is 90.9 Å². The van der Waals surface area contributed by atoms with Gasteiger partial charge in [-0.15, -0.1) is 20.1 Å². The Hall–Kier alpha value is -1.36. The summed E-state index contributed by atoms with van der Waals surface area (Å²) in [6.45, 7) is 13.3. The third-order valence-electron chi connectivity index (χ3n) is 4.27. The molecule has 1 atom stereocenters. The van der Waals surface area contributed by atoms with Crippen molar-refractivity contribution < 1.29 is 25.9 Å². The summed E-state index contributed by atoms with van der Waals surface area (Å²) in [7, 11) is 1.98. The predicted molar refractivity (Wildman–Crippen MR) is 145 cm³/mol. The van der Waals surface area contributed by atoms with Crippen LogP contribution >= 0.6 is 17.2 Å². The van der Waals surface area contributed by atoms with Crippen molar-refractivity contribution >= 4 is 33.5 Å². The average Bonchev–Trinajstić information content (AvgIpc) is 3.49. The van der Waals surface area contributed by atoms with Gasteiger partial charge in [-0.1, -0.05) is 54.4 Å². The van der Waals surface area contributed by atoms with E-state index in [4.69, 9.17) is 8.83 Å². The van der Waals surface area contributed by atoms with Crippen LogP contribution in [0.3, 0.4) is 0 Å². The van der Waals surface area contributed by atoms with Gasteiger partial charge in [0.2, 0.25) is 0 Å². The summed E-state index contributed by atoms with van der Waals surface area (Å²) in [4.78, 5) is 0. The second kappa shape index (κ2) is 14.1. The maximum Gasteiger partial charge on any atom is 0.135 e. The van der Waals surface area contributed by atoms with E-state index < -0.39 is 7.92 Å². The van der Waals surface area contributed by atoms with Crippen molar-refractivity contribution in [1.82, 2.24) is 0 Å². The fourth-order valence-corrected chi connectivity index (χ4v) is 5.05. The molecule has 0 fully saturated rings. The molecule has 0 aliphatic carbocycles. The van der Waals surface area contributed by atoms with Crippen LogP contribution in [0.4, 0.5) is 0 Å². The second-order valence-electron chi connectivity index (χ2n) is 10.1. The molecule has 0 saturated heterocycles. The van der Waals surface area contributed by atoms with Gasteiger partial charge in [-0.05, 0) is 34.8 Å². The van der Waals surface area contributed by atoms with Gasteiger partial charge in [0.25, 0.3) is 0 Å². The van der Waals surface area contributed by atoms with E-state index in [9.17, 15) is 0 Å². The Balaban J connectivity index is 0.000000413. The van der Waals surface area contributed by atoms with Crippen molar-refractivity contribution in [3.8, 4) is 0 Å². The molecule has 0 amide bonds. The van der Waals surface area contributed by atoms with Crippen LogP contribution in [0.25, 0.3) is 0 Å². The maximum absolute atomic E-state index is 5.71.